The van der Waals surface area contributed by atoms with Gasteiger partial charge in [0.15, 0.2) is 0 Å². The van der Waals surface area contributed by atoms with Gasteiger partial charge in [0, 0.05) is 18.0 Å². The Kier molecular flexibility index (Phi) is 6.21. The number of aliphatic hydroxyl groups is 3. The summed E-state index contributed by atoms with van der Waals surface area (Å²) in [6.07, 6.45) is 9.50. The molecule has 5 nitrogen and oxygen atoms in total. The minimum absolute atomic E-state index is 0.128. The second-order valence-corrected chi connectivity index (χ2v) is 13.4. The predicted octanol–water partition coefficient (Wildman–Crippen LogP) is 5.16. The van der Waals surface area contributed by atoms with E-state index >= 15 is 0 Å². The van der Waals surface area contributed by atoms with Gasteiger partial charge in [-0.25, -0.2) is 9.97 Å². The Labute approximate surface area is 215 Å². The molecule has 3 N–H and O–H groups in total. The Bertz CT molecular complexity index is 1110. The van der Waals surface area contributed by atoms with Crippen LogP contribution in [-0.4, -0.2) is 43.6 Å². The first-order chi connectivity index (χ1) is 17.2. The van der Waals surface area contributed by atoms with Crippen molar-refractivity contribution in [1.29, 1.82) is 0 Å². The summed E-state index contributed by atoms with van der Waals surface area (Å²) >= 11 is 0. The number of rotatable bonds is 4. The van der Waals surface area contributed by atoms with Gasteiger partial charge in [0.2, 0.25) is 0 Å². The van der Waals surface area contributed by atoms with Gasteiger partial charge in [0.25, 0.3) is 0 Å². The van der Waals surface area contributed by atoms with Crippen molar-refractivity contribution in [1.82, 2.24) is 9.97 Å². The van der Waals surface area contributed by atoms with E-state index in [1.165, 1.54) is 0 Å². The fraction of sp³-hybridized carbons (Fsp3) is 0.742. The monoisotopic (exact) mass is 492 g/mol. The summed E-state index contributed by atoms with van der Waals surface area (Å²) in [7, 11) is 0. The SMILES string of the molecule is C[C@H](CCc1ncc2ccccc2n1)[C@H]1CC[C@H]2[C@H]3C(C[C@H](O)[C@]12C)[C@@]1(C)CC[C@@H](O)C[C@H]1C[C@H]3O. The molecule has 1 aromatic carbocycles. The van der Waals surface area contributed by atoms with Gasteiger partial charge in [0.1, 0.15) is 5.82 Å². The fourth-order valence-corrected chi connectivity index (χ4v) is 9.82. The Hall–Kier alpha value is -1.56. The van der Waals surface area contributed by atoms with E-state index in [1.807, 2.05) is 18.3 Å². The van der Waals surface area contributed by atoms with Crippen LogP contribution in [0.15, 0.2) is 30.5 Å². The topological polar surface area (TPSA) is 86.5 Å². The van der Waals surface area contributed by atoms with Gasteiger partial charge in [0.05, 0.1) is 23.8 Å². The first-order valence-corrected chi connectivity index (χ1v) is 14.5. The Morgan fingerprint density at radius 2 is 1.81 bits per heavy atom. The van der Waals surface area contributed by atoms with Crippen LogP contribution in [0.1, 0.15) is 78.0 Å². The van der Waals surface area contributed by atoms with Gasteiger partial charge >= 0.3 is 0 Å². The molecule has 11 atom stereocenters. The van der Waals surface area contributed by atoms with Crippen LogP contribution < -0.4 is 0 Å². The summed E-state index contributed by atoms with van der Waals surface area (Å²) in [6, 6.07) is 8.15. The highest BCUT2D eigenvalue weighted by atomic mass is 16.3. The maximum atomic E-state index is 11.8. The third-order valence-electron chi connectivity index (χ3n) is 11.9. The van der Waals surface area contributed by atoms with Crippen LogP contribution in [0, 0.1) is 46.3 Å². The zero-order valence-electron chi connectivity index (χ0n) is 22.2. The molecule has 6 rings (SSSR count). The number of benzene rings is 1. The highest BCUT2D eigenvalue weighted by Crippen LogP contribution is 2.68. The molecule has 4 aliphatic carbocycles. The Balaban J connectivity index is 1.20. The predicted molar refractivity (Wildman–Crippen MR) is 141 cm³/mol. The summed E-state index contributed by atoms with van der Waals surface area (Å²) in [5, 5.41) is 34.7. The van der Waals surface area contributed by atoms with Crippen LogP contribution >= 0.6 is 0 Å². The van der Waals surface area contributed by atoms with E-state index in [-0.39, 0.29) is 35.1 Å². The lowest BCUT2D eigenvalue weighted by molar-refractivity contribution is -0.207. The summed E-state index contributed by atoms with van der Waals surface area (Å²) in [6.45, 7) is 7.10. The smallest absolute Gasteiger partial charge is 0.128 e. The zero-order valence-corrected chi connectivity index (χ0v) is 22.2. The second-order valence-electron chi connectivity index (χ2n) is 13.4. The molecule has 196 valence electrons. The summed E-state index contributed by atoms with van der Waals surface area (Å²) in [4.78, 5) is 9.41. The molecule has 0 aliphatic heterocycles. The standard InChI is InChI=1S/C31H44N2O3/c1-18(8-11-28-32-17-19-6-4-5-7-25(19)33-28)22-9-10-23-29-24(16-27(36)31(22,23)3)30(2)13-12-21(34)14-20(30)15-26(29)35/h4-7,17-18,20-24,26-27,29,34-36H,8-16H2,1-3H3/t18-,20+,21-,22-,23+,24?,26-,27+,29+,30+,31-/m1/s1. The molecule has 2 aromatic rings. The van der Waals surface area contributed by atoms with E-state index in [1.54, 1.807) is 0 Å². The van der Waals surface area contributed by atoms with Gasteiger partial charge in [-0.1, -0.05) is 39.0 Å². The molecular formula is C31H44N2O3. The largest absolute Gasteiger partial charge is 0.393 e. The van der Waals surface area contributed by atoms with Crippen LogP contribution in [0.25, 0.3) is 10.9 Å². The minimum Gasteiger partial charge on any atom is -0.393 e. The van der Waals surface area contributed by atoms with Crippen molar-refractivity contribution >= 4 is 10.9 Å². The Morgan fingerprint density at radius 1 is 1.00 bits per heavy atom. The third kappa shape index (κ3) is 3.75. The molecule has 1 heterocycles. The maximum Gasteiger partial charge on any atom is 0.128 e. The molecule has 36 heavy (non-hydrogen) atoms. The number of hydrogen-bond donors (Lipinski definition) is 3. The third-order valence-corrected chi connectivity index (χ3v) is 11.9. The number of aromatic nitrogens is 2. The van der Waals surface area contributed by atoms with Crippen LogP contribution in [0.5, 0.6) is 0 Å². The molecule has 0 spiro atoms. The summed E-state index contributed by atoms with van der Waals surface area (Å²) in [5.74, 6) is 3.19. The van der Waals surface area contributed by atoms with E-state index < -0.39 is 0 Å². The molecule has 5 heteroatoms. The number of aliphatic hydroxyl groups excluding tert-OH is 3. The highest BCUT2D eigenvalue weighted by Gasteiger charge is 2.65. The lowest BCUT2D eigenvalue weighted by Crippen LogP contribution is -2.62. The molecule has 1 aromatic heterocycles. The normalized spacial score (nSPS) is 45.1. The van der Waals surface area contributed by atoms with Gasteiger partial charge in [-0.3, -0.25) is 0 Å². The van der Waals surface area contributed by atoms with Crippen molar-refractivity contribution in [3.05, 3.63) is 36.3 Å². The average Bonchev–Trinajstić information content (AvgIpc) is 3.22. The quantitative estimate of drug-likeness (QED) is 0.549. The van der Waals surface area contributed by atoms with Crippen LogP contribution in [0.4, 0.5) is 0 Å². The van der Waals surface area contributed by atoms with E-state index in [0.717, 1.165) is 74.5 Å². The molecule has 1 unspecified atom stereocenters. The van der Waals surface area contributed by atoms with Crippen molar-refractivity contribution in [2.45, 2.75) is 96.9 Å². The molecule has 4 fully saturated rings. The number of nitrogens with zero attached hydrogens (tertiary/aromatic N) is 2. The number of fused-ring (bicyclic) bond motifs is 6. The maximum absolute atomic E-state index is 11.8. The zero-order chi connectivity index (χ0) is 25.2. The van der Waals surface area contributed by atoms with Crippen molar-refractivity contribution in [3.8, 4) is 0 Å². The minimum atomic E-state index is -0.328. The van der Waals surface area contributed by atoms with Crippen molar-refractivity contribution in [2.24, 2.45) is 46.3 Å². The van der Waals surface area contributed by atoms with Gasteiger partial charge in [-0.05, 0) is 104 Å². The molecule has 0 bridgehead atoms. The van der Waals surface area contributed by atoms with Crippen molar-refractivity contribution in [3.63, 3.8) is 0 Å². The molecule has 0 saturated heterocycles. The average molecular weight is 493 g/mol. The molecule has 0 radical (unpaired) electrons. The Morgan fingerprint density at radius 3 is 2.64 bits per heavy atom. The van der Waals surface area contributed by atoms with Crippen molar-refractivity contribution in [2.75, 3.05) is 0 Å². The molecular weight excluding hydrogens is 448 g/mol. The number of hydrogen-bond acceptors (Lipinski definition) is 5. The highest BCUT2D eigenvalue weighted by molar-refractivity contribution is 5.77. The van der Waals surface area contributed by atoms with E-state index in [2.05, 4.69) is 37.9 Å². The summed E-state index contributed by atoms with van der Waals surface area (Å²) in [5.41, 5.74) is 0.983. The molecule has 4 saturated carbocycles. The lowest BCUT2D eigenvalue weighted by Gasteiger charge is -2.63. The van der Waals surface area contributed by atoms with Crippen molar-refractivity contribution < 1.29 is 15.3 Å². The fourth-order valence-electron chi connectivity index (χ4n) is 9.82. The van der Waals surface area contributed by atoms with Gasteiger partial charge < -0.3 is 15.3 Å². The number of aryl methyl sites for hydroxylation is 1. The van der Waals surface area contributed by atoms with Crippen LogP contribution in [0.2, 0.25) is 0 Å². The van der Waals surface area contributed by atoms with Crippen LogP contribution in [0.3, 0.4) is 0 Å². The van der Waals surface area contributed by atoms with E-state index in [9.17, 15) is 15.3 Å². The lowest BCUT2D eigenvalue weighted by atomic mass is 9.43. The van der Waals surface area contributed by atoms with Gasteiger partial charge in [-0.2, -0.15) is 0 Å². The first-order valence-electron chi connectivity index (χ1n) is 14.5. The molecule has 4 aliphatic rings. The second kappa shape index (κ2) is 9.03. The van der Waals surface area contributed by atoms with Gasteiger partial charge in [-0.15, -0.1) is 0 Å². The van der Waals surface area contributed by atoms with Crippen LogP contribution in [-0.2, 0) is 6.42 Å². The van der Waals surface area contributed by atoms with E-state index in [0.29, 0.717) is 29.6 Å². The molecule has 0 amide bonds. The first kappa shape index (κ1) is 24.8. The summed E-state index contributed by atoms with van der Waals surface area (Å²) < 4.78 is 0. The van der Waals surface area contributed by atoms with E-state index in [4.69, 9.17) is 4.98 Å². The number of para-hydroxylation sites is 1.